The first kappa shape index (κ1) is 31.3. The summed E-state index contributed by atoms with van der Waals surface area (Å²) in [6.07, 6.45) is 8.69. The molecule has 47 heavy (non-hydrogen) atoms. The van der Waals surface area contributed by atoms with Crippen LogP contribution >= 0.6 is 11.8 Å². The molecule has 4 fully saturated rings. The number of amides is 3. The van der Waals surface area contributed by atoms with E-state index >= 15 is 0 Å². The molecule has 0 spiro atoms. The van der Waals surface area contributed by atoms with Crippen LogP contribution in [0, 0.1) is 23.7 Å². The summed E-state index contributed by atoms with van der Waals surface area (Å²) in [4.78, 5) is 48.1. The average Bonchev–Trinajstić information content (AvgIpc) is 3.74. The van der Waals surface area contributed by atoms with Crippen molar-refractivity contribution in [1.82, 2.24) is 36.1 Å². The molecule has 5 N–H and O–H groups in total. The summed E-state index contributed by atoms with van der Waals surface area (Å²) in [6, 6.07) is 16.9. The molecule has 8 rings (SSSR count). The average molecular weight is 656 g/mol. The molecule has 4 aliphatic rings. The highest BCUT2D eigenvalue weighted by atomic mass is 32.2. The van der Waals surface area contributed by atoms with Crippen molar-refractivity contribution in [3.8, 4) is 0 Å². The third-order valence-electron chi connectivity index (χ3n) is 10.2. The van der Waals surface area contributed by atoms with Crippen molar-refractivity contribution in [3.63, 3.8) is 0 Å². The van der Waals surface area contributed by atoms with Gasteiger partial charge in [-0.05, 0) is 79.9 Å². The summed E-state index contributed by atoms with van der Waals surface area (Å²) in [5.74, 6) is 1.88. The Labute approximate surface area is 277 Å². The van der Waals surface area contributed by atoms with E-state index in [0.29, 0.717) is 17.0 Å². The number of rotatable bonds is 12. The molecule has 2 aromatic heterocycles. The van der Waals surface area contributed by atoms with Crippen molar-refractivity contribution in [2.75, 3.05) is 12.3 Å². The number of alkyl carbamates (subject to hydrolysis) is 1. The summed E-state index contributed by atoms with van der Waals surface area (Å²) in [5.41, 5.74) is 1.38. The number of thioether (sulfide) groups is 1. The predicted molar refractivity (Wildman–Crippen MR) is 178 cm³/mol. The number of H-pyrrole nitrogens is 2. The molecule has 4 bridgehead atoms. The fourth-order valence-corrected chi connectivity index (χ4v) is 8.84. The van der Waals surface area contributed by atoms with Gasteiger partial charge in [-0.15, -0.1) is 0 Å². The highest BCUT2D eigenvalue weighted by Gasteiger charge is 2.50. The molecule has 0 unspecified atom stereocenters. The van der Waals surface area contributed by atoms with Crippen molar-refractivity contribution in [3.05, 3.63) is 78.2 Å². The first-order chi connectivity index (χ1) is 22.8. The minimum Gasteiger partial charge on any atom is -0.446 e. The SMILES string of the molecule is C[C@@](Cc1c[nH]c2ccccc12)(NC(=O)OC1C2CC3CC(C2)CC1C3)C(=O)NC[C@@H](NC(=O)CSc1ncn[nH]1)c1ccccc1. The second-order valence-corrected chi connectivity index (χ2v) is 14.6. The van der Waals surface area contributed by atoms with Gasteiger partial charge >= 0.3 is 6.09 Å². The van der Waals surface area contributed by atoms with E-state index in [9.17, 15) is 14.4 Å². The van der Waals surface area contributed by atoms with E-state index in [-0.39, 0.29) is 36.6 Å². The molecule has 2 aromatic carbocycles. The van der Waals surface area contributed by atoms with Gasteiger partial charge in [0.05, 0.1) is 11.8 Å². The molecular formula is C35H41N7O4S. The largest absolute Gasteiger partial charge is 0.446 e. The number of nitrogens with zero attached hydrogens (tertiary/aromatic N) is 2. The molecule has 0 radical (unpaired) electrons. The van der Waals surface area contributed by atoms with Gasteiger partial charge < -0.3 is 25.7 Å². The van der Waals surface area contributed by atoms with Gasteiger partial charge in [-0.25, -0.2) is 9.78 Å². The molecule has 4 aromatic rings. The lowest BCUT2D eigenvalue weighted by atomic mass is 9.55. The number of fused-ring (bicyclic) bond motifs is 1. The molecular weight excluding hydrogens is 614 g/mol. The van der Waals surface area contributed by atoms with Crippen LogP contribution in [-0.4, -0.2) is 62.0 Å². The summed E-state index contributed by atoms with van der Waals surface area (Å²) >= 11 is 1.24. The lowest BCUT2D eigenvalue weighted by Gasteiger charge is -2.53. The van der Waals surface area contributed by atoms with Crippen molar-refractivity contribution in [1.29, 1.82) is 0 Å². The number of aromatic amines is 2. The number of aromatic nitrogens is 4. The Morgan fingerprint density at radius 1 is 1.00 bits per heavy atom. The van der Waals surface area contributed by atoms with E-state index in [1.807, 2.05) is 60.8 Å². The van der Waals surface area contributed by atoms with Gasteiger partial charge in [-0.3, -0.25) is 14.7 Å². The van der Waals surface area contributed by atoms with Gasteiger partial charge in [0.1, 0.15) is 18.0 Å². The second kappa shape index (κ2) is 13.4. The van der Waals surface area contributed by atoms with Gasteiger partial charge in [-0.2, -0.15) is 5.10 Å². The molecule has 4 saturated carbocycles. The van der Waals surface area contributed by atoms with E-state index in [2.05, 4.69) is 36.1 Å². The topological polar surface area (TPSA) is 154 Å². The first-order valence-electron chi connectivity index (χ1n) is 16.5. The zero-order valence-corrected chi connectivity index (χ0v) is 27.2. The molecule has 246 valence electrons. The van der Waals surface area contributed by atoms with Gasteiger partial charge in [0.15, 0.2) is 5.16 Å². The van der Waals surface area contributed by atoms with Crippen LogP contribution in [0.4, 0.5) is 4.79 Å². The third-order valence-corrected chi connectivity index (χ3v) is 11.1. The molecule has 2 atom stereocenters. The highest BCUT2D eigenvalue weighted by molar-refractivity contribution is 7.99. The van der Waals surface area contributed by atoms with Crippen LogP contribution in [0.25, 0.3) is 10.9 Å². The van der Waals surface area contributed by atoms with Crippen molar-refractivity contribution < 1.29 is 19.1 Å². The predicted octanol–water partition coefficient (Wildman–Crippen LogP) is 4.90. The molecule has 2 heterocycles. The van der Waals surface area contributed by atoms with Gasteiger partial charge in [-0.1, -0.05) is 60.3 Å². The van der Waals surface area contributed by atoms with E-state index in [4.69, 9.17) is 4.74 Å². The van der Waals surface area contributed by atoms with Crippen molar-refractivity contribution in [2.45, 2.75) is 68.3 Å². The monoisotopic (exact) mass is 655 g/mol. The maximum absolute atomic E-state index is 14.2. The Bertz CT molecular complexity index is 1680. The zero-order valence-electron chi connectivity index (χ0n) is 26.4. The minimum atomic E-state index is -1.33. The fraction of sp³-hybridized carbons (Fsp3) is 0.457. The van der Waals surface area contributed by atoms with Crippen LogP contribution in [0.2, 0.25) is 0 Å². The molecule has 12 heteroatoms. The van der Waals surface area contributed by atoms with Gasteiger partial charge in [0, 0.05) is 30.1 Å². The fourth-order valence-electron chi connectivity index (χ4n) is 8.25. The van der Waals surface area contributed by atoms with Crippen LogP contribution in [0.3, 0.4) is 0 Å². The third kappa shape index (κ3) is 7.02. The number of nitrogens with one attached hydrogen (secondary N) is 5. The first-order valence-corrected chi connectivity index (χ1v) is 17.5. The van der Waals surface area contributed by atoms with Crippen LogP contribution < -0.4 is 16.0 Å². The molecule has 3 amide bonds. The normalized spacial score (nSPS) is 24.7. The Balaban J connectivity index is 1.07. The molecule has 0 saturated heterocycles. The van der Waals surface area contributed by atoms with Gasteiger partial charge in [0.25, 0.3) is 0 Å². The number of carbonyl (C=O) groups excluding carboxylic acids is 3. The quantitative estimate of drug-likeness (QED) is 0.136. The number of hydrogen-bond acceptors (Lipinski definition) is 7. The van der Waals surface area contributed by atoms with Crippen molar-refractivity contribution >= 4 is 40.6 Å². The van der Waals surface area contributed by atoms with Gasteiger partial charge in [0.2, 0.25) is 11.8 Å². The Kier molecular flexibility index (Phi) is 8.94. The summed E-state index contributed by atoms with van der Waals surface area (Å²) in [6.45, 7) is 1.86. The number of benzene rings is 2. The smallest absolute Gasteiger partial charge is 0.408 e. The lowest BCUT2D eigenvalue weighted by molar-refractivity contribution is -0.128. The number of carbonyl (C=O) groups is 3. The lowest BCUT2D eigenvalue weighted by Crippen LogP contribution is -2.60. The van der Waals surface area contributed by atoms with E-state index in [1.165, 1.54) is 24.5 Å². The van der Waals surface area contributed by atoms with E-state index in [1.54, 1.807) is 6.92 Å². The van der Waals surface area contributed by atoms with E-state index < -0.39 is 17.7 Å². The summed E-state index contributed by atoms with van der Waals surface area (Å²) in [5, 5.41) is 17.2. The summed E-state index contributed by atoms with van der Waals surface area (Å²) in [7, 11) is 0. The van der Waals surface area contributed by atoms with Crippen LogP contribution in [-0.2, 0) is 20.7 Å². The van der Waals surface area contributed by atoms with Crippen LogP contribution in [0.15, 0.2) is 72.3 Å². The molecule has 4 aliphatic carbocycles. The number of ether oxygens (including phenoxy) is 1. The highest BCUT2D eigenvalue weighted by Crippen LogP contribution is 2.54. The number of hydrogen-bond donors (Lipinski definition) is 5. The molecule has 11 nitrogen and oxygen atoms in total. The maximum Gasteiger partial charge on any atom is 0.408 e. The van der Waals surface area contributed by atoms with Crippen LogP contribution in [0.1, 0.15) is 56.2 Å². The second-order valence-electron chi connectivity index (χ2n) is 13.6. The Morgan fingerprint density at radius 2 is 1.72 bits per heavy atom. The van der Waals surface area contributed by atoms with E-state index in [0.717, 1.165) is 59.5 Å². The zero-order chi connectivity index (χ0) is 32.4. The van der Waals surface area contributed by atoms with Crippen LogP contribution in [0.5, 0.6) is 0 Å². The Morgan fingerprint density at radius 3 is 2.45 bits per heavy atom. The standard InChI is InChI=1S/C35H41N7O4S/c1-35(16-26-17-36-28-10-6-5-9-27(26)28,41-34(45)46-31-24-12-21-11-22(14-24)15-25(31)13-21)32(44)37-18-29(23-7-3-2-4-8-23)40-30(43)19-47-33-38-20-39-42-33/h2-10,17,20-22,24-25,29,31,36H,11-16,18-19H2,1H3,(H,37,44)(H,40,43)(H,41,45)(H,38,39,42)/t21?,22?,24?,25?,29-,31?,35+/m1/s1. The molecule has 0 aliphatic heterocycles. The Hall–Kier alpha value is -4.32. The van der Waals surface area contributed by atoms with Crippen molar-refractivity contribution in [2.24, 2.45) is 23.7 Å². The number of para-hydroxylation sites is 1. The maximum atomic E-state index is 14.2. The summed E-state index contributed by atoms with van der Waals surface area (Å²) < 4.78 is 6.18. The minimum absolute atomic E-state index is 0.101.